The average molecular weight is 195 g/mol. The van der Waals surface area contributed by atoms with Crippen molar-refractivity contribution in [2.45, 2.75) is 31.8 Å². The predicted molar refractivity (Wildman–Crippen MR) is 52.5 cm³/mol. The molecule has 14 heavy (non-hydrogen) atoms. The smallest absolute Gasteiger partial charge is 0.165 e. The third-order valence-corrected chi connectivity index (χ3v) is 2.73. The molecule has 0 spiro atoms. The molecule has 2 nitrogen and oxygen atoms in total. The second-order valence-corrected chi connectivity index (χ2v) is 4.20. The Morgan fingerprint density at radius 3 is 2.79 bits per heavy atom. The van der Waals surface area contributed by atoms with E-state index in [1.54, 1.807) is 6.07 Å². The molecular weight excluding hydrogens is 181 g/mol. The minimum absolute atomic E-state index is 0.258. The van der Waals surface area contributed by atoms with Crippen LogP contribution >= 0.6 is 0 Å². The lowest BCUT2D eigenvalue weighted by atomic mass is 10.2. The number of rotatable bonds is 3. The van der Waals surface area contributed by atoms with Crippen LogP contribution in [0.25, 0.3) is 0 Å². The highest BCUT2D eigenvalue weighted by Gasteiger charge is 2.36. The van der Waals surface area contributed by atoms with Gasteiger partial charge in [-0.15, -0.1) is 0 Å². The number of hydrogen-bond donors (Lipinski definition) is 2. The summed E-state index contributed by atoms with van der Waals surface area (Å²) in [7, 11) is 0. The van der Waals surface area contributed by atoms with Crippen molar-refractivity contribution in [3.8, 4) is 5.75 Å². The largest absolute Gasteiger partial charge is 0.505 e. The number of phenols is 1. The predicted octanol–water partition coefficient (Wildman–Crippen LogP) is 2.17. The normalized spacial score (nSPS) is 18.1. The fourth-order valence-electron chi connectivity index (χ4n) is 1.34. The Hall–Kier alpha value is -1.09. The van der Waals surface area contributed by atoms with E-state index in [2.05, 4.69) is 12.2 Å². The molecule has 1 aliphatic carbocycles. The minimum Gasteiger partial charge on any atom is -0.505 e. The third-order valence-electron chi connectivity index (χ3n) is 2.73. The molecule has 1 saturated carbocycles. The number of halogens is 1. The van der Waals surface area contributed by atoms with Crippen molar-refractivity contribution >= 4 is 0 Å². The van der Waals surface area contributed by atoms with Gasteiger partial charge in [0, 0.05) is 12.1 Å². The standard InChI is InChI=1S/C11H14FNO/c1-11(4-5-11)13-7-8-2-3-10(14)9(12)6-8/h2-3,6,13-14H,4-5,7H2,1H3. The summed E-state index contributed by atoms with van der Waals surface area (Å²) in [5.74, 6) is -0.836. The van der Waals surface area contributed by atoms with E-state index < -0.39 is 5.82 Å². The first-order valence-corrected chi connectivity index (χ1v) is 4.81. The van der Waals surface area contributed by atoms with Crippen molar-refractivity contribution in [2.24, 2.45) is 0 Å². The molecule has 0 saturated heterocycles. The Morgan fingerprint density at radius 2 is 2.21 bits per heavy atom. The molecule has 76 valence electrons. The SMILES string of the molecule is CC1(NCc2ccc(O)c(F)c2)CC1. The lowest BCUT2D eigenvalue weighted by Crippen LogP contribution is -2.26. The van der Waals surface area contributed by atoms with Crippen LogP contribution in [0.15, 0.2) is 18.2 Å². The van der Waals surface area contributed by atoms with Crippen LogP contribution in [0.2, 0.25) is 0 Å². The van der Waals surface area contributed by atoms with Gasteiger partial charge in [0.2, 0.25) is 0 Å². The molecule has 0 amide bonds. The summed E-state index contributed by atoms with van der Waals surface area (Å²) in [5, 5.41) is 12.3. The van der Waals surface area contributed by atoms with Crippen LogP contribution in [0.3, 0.4) is 0 Å². The quantitative estimate of drug-likeness (QED) is 0.774. The molecule has 1 aliphatic rings. The van der Waals surface area contributed by atoms with E-state index in [-0.39, 0.29) is 11.3 Å². The summed E-state index contributed by atoms with van der Waals surface area (Å²) in [6, 6.07) is 4.49. The fraction of sp³-hybridized carbons (Fsp3) is 0.455. The zero-order valence-electron chi connectivity index (χ0n) is 8.18. The van der Waals surface area contributed by atoms with Crippen molar-refractivity contribution in [1.82, 2.24) is 5.32 Å². The number of benzene rings is 1. The van der Waals surface area contributed by atoms with E-state index in [0.717, 1.165) is 5.56 Å². The van der Waals surface area contributed by atoms with Crippen LogP contribution in [-0.4, -0.2) is 10.6 Å². The maximum absolute atomic E-state index is 12.9. The van der Waals surface area contributed by atoms with E-state index in [4.69, 9.17) is 5.11 Å². The lowest BCUT2D eigenvalue weighted by molar-refractivity contribution is 0.431. The summed E-state index contributed by atoms with van der Waals surface area (Å²) < 4.78 is 12.9. The molecule has 1 aromatic rings. The van der Waals surface area contributed by atoms with Crippen molar-refractivity contribution < 1.29 is 9.50 Å². The maximum Gasteiger partial charge on any atom is 0.165 e. The molecule has 0 unspecified atom stereocenters. The number of aromatic hydroxyl groups is 1. The topological polar surface area (TPSA) is 32.3 Å². The first kappa shape index (κ1) is 9.46. The van der Waals surface area contributed by atoms with E-state index in [1.807, 2.05) is 0 Å². The first-order valence-electron chi connectivity index (χ1n) is 4.81. The molecule has 0 bridgehead atoms. The van der Waals surface area contributed by atoms with Crippen LogP contribution in [0, 0.1) is 5.82 Å². The van der Waals surface area contributed by atoms with Gasteiger partial charge in [0.15, 0.2) is 11.6 Å². The Bertz CT molecular complexity index is 347. The number of nitrogens with one attached hydrogen (secondary N) is 1. The Morgan fingerprint density at radius 1 is 1.50 bits per heavy atom. The van der Waals surface area contributed by atoms with Gasteiger partial charge in [-0.2, -0.15) is 0 Å². The summed E-state index contributed by atoms with van der Waals surface area (Å²) in [6.07, 6.45) is 2.38. The van der Waals surface area contributed by atoms with Crippen LogP contribution in [0.1, 0.15) is 25.3 Å². The van der Waals surface area contributed by atoms with Gasteiger partial charge in [-0.05, 0) is 37.5 Å². The summed E-state index contributed by atoms with van der Waals surface area (Å²) in [4.78, 5) is 0. The molecule has 0 heterocycles. The number of phenolic OH excluding ortho intramolecular Hbond substituents is 1. The highest BCUT2D eigenvalue weighted by atomic mass is 19.1. The first-order chi connectivity index (χ1) is 6.59. The third kappa shape index (κ3) is 2.04. The van der Waals surface area contributed by atoms with Crippen molar-refractivity contribution in [2.75, 3.05) is 0 Å². The second-order valence-electron chi connectivity index (χ2n) is 4.20. The van der Waals surface area contributed by atoms with Gasteiger partial charge in [0.05, 0.1) is 0 Å². The Kier molecular flexibility index (Phi) is 2.19. The molecule has 2 N–H and O–H groups in total. The van der Waals surface area contributed by atoms with E-state index in [0.29, 0.717) is 6.54 Å². The summed E-state index contributed by atoms with van der Waals surface area (Å²) in [5.41, 5.74) is 1.13. The lowest BCUT2D eigenvalue weighted by Gasteiger charge is -2.11. The summed E-state index contributed by atoms with van der Waals surface area (Å²) in [6.45, 7) is 2.82. The van der Waals surface area contributed by atoms with Crippen molar-refractivity contribution in [3.63, 3.8) is 0 Å². The van der Waals surface area contributed by atoms with Gasteiger partial charge in [-0.3, -0.25) is 0 Å². The van der Waals surface area contributed by atoms with Gasteiger partial charge in [-0.25, -0.2) is 4.39 Å². The van der Waals surface area contributed by atoms with Crippen molar-refractivity contribution in [1.29, 1.82) is 0 Å². The highest BCUT2D eigenvalue weighted by molar-refractivity contribution is 5.28. The second kappa shape index (κ2) is 3.24. The van der Waals surface area contributed by atoms with Crippen LogP contribution in [-0.2, 0) is 6.54 Å². The van der Waals surface area contributed by atoms with Gasteiger partial charge in [-0.1, -0.05) is 6.07 Å². The summed E-state index contributed by atoms with van der Waals surface area (Å²) >= 11 is 0. The van der Waals surface area contributed by atoms with Gasteiger partial charge >= 0.3 is 0 Å². The van der Waals surface area contributed by atoms with Gasteiger partial charge < -0.3 is 10.4 Å². The fourth-order valence-corrected chi connectivity index (χ4v) is 1.34. The van der Waals surface area contributed by atoms with Gasteiger partial charge in [0.1, 0.15) is 0 Å². The van der Waals surface area contributed by atoms with E-state index in [1.165, 1.54) is 25.0 Å². The Labute approximate surface area is 82.8 Å². The average Bonchev–Trinajstić information content (AvgIpc) is 2.87. The minimum atomic E-state index is -0.551. The molecule has 0 radical (unpaired) electrons. The highest BCUT2D eigenvalue weighted by Crippen LogP contribution is 2.34. The molecule has 1 fully saturated rings. The van der Waals surface area contributed by atoms with Crippen LogP contribution < -0.4 is 5.32 Å². The van der Waals surface area contributed by atoms with Gasteiger partial charge in [0.25, 0.3) is 0 Å². The molecule has 3 heteroatoms. The van der Waals surface area contributed by atoms with Crippen LogP contribution in [0.5, 0.6) is 5.75 Å². The zero-order valence-corrected chi connectivity index (χ0v) is 8.18. The maximum atomic E-state index is 12.9. The molecule has 1 aromatic carbocycles. The molecule has 0 aromatic heterocycles. The van der Waals surface area contributed by atoms with Crippen molar-refractivity contribution in [3.05, 3.63) is 29.6 Å². The molecular formula is C11H14FNO. The van der Waals surface area contributed by atoms with E-state index >= 15 is 0 Å². The molecule has 2 rings (SSSR count). The Balaban J connectivity index is 1.99. The number of hydrogen-bond acceptors (Lipinski definition) is 2. The molecule has 0 aliphatic heterocycles. The zero-order chi connectivity index (χ0) is 10.2. The molecule has 0 atom stereocenters. The van der Waals surface area contributed by atoms with E-state index in [9.17, 15) is 4.39 Å². The van der Waals surface area contributed by atoms with Crippen LogP contribution in [0.4, 0.5) is 4.39 Å². The monoisotopic (exact) mass is 195 g/mol.